The van der Waals surface area contributed by atoms with Crippen molar-refractivity contribution in [2.75, 3.05) is 30.3 Å². The van der Waals surface area contributed by atoms with Crippen molar-refractivity contribution in [1.82, 2.24) is 9.88 Å². The SMILES string of the molecule is Cc1ccc(NC(=O)C2CCN(CC(=O)Nc3ccccc3Cl)CC2)nc1. The number of carbonyl (C=O) groups is 2. The minimum atomic E-state index is -0.102. The van der Waals surface area contributed by atoms with E-state index >= 15 is 0 Å². The number of likely N-dealkylation sites (tertiary alicyclic amines) is 1. The van der Waals surface area contributed by atoms with E-state index < -0.39 is 0 Å². The molecule has 0 unspecified atom stereocenters. The van der Waals surface area contributed by atoms with E-state index in [4.69, 9.17) is 11.6 Å². The van der Waals surface area contributed by atoms with Gasteiger partial charge in [-0.25, -0.2) is 4.98 Å². The number of nitrogens with one attached hydrogen (secondary N) is 2. The number of halogens is 1. The molecule has 1 aromatic carbocycles. The van der Waals surface area contributed by atoms with E-state index in [2.05, 4.69) is 20.5 Å². The van der Waals surface area contributed by atoms with Crippen LogP contribution in [0.1, 0.15) is 18.4 Å². The highest BCUT2D eigenvalue weighted by Gasteiger charge is 2.26. The number of aryl methyl sites for hydroxylation is 1. The van der Waals surface area contributed by atoms with E-state index in [1.54, 1.807) is 24.4 Å². The zero-order valence-corrected chi connectivity index (χ0v) is 16.0. The van der Waals surface area contributed by atoms with E-state index in [1.807, 2.05) is 25.1 Å². The van der Waals surface area contributed by atoms with Gasteiger partial charge in [-0.3, -0.25) is 14.5 Å². The van der Waals surface area contributed by atoms with Gasteiger partial charge >= 0.3 is 0 Å². The first-order valence-electron chi connectivity index (χ1n) is 9.01. The largest absolute Gasteiger partial charge is 0.324 e. The van der Waals surface area contributed by atoms with Gasteiger partial charge < -0.3 is 10.6 Å². The van der Waals surface area contributed by atoms with Crippen molar-refractivity contribution in [3.05, 3.63) is 53.2 Å². The van der Waals surface area contributed by atoms with Gasteiger partial charge in [0.25, 0.3) is 0 Å². The minimum absolute atomic E-state index is 0.00785. The van der Waals surface area contributed by atoms with Gasteiger partial charge in [-0.2, -0.15) is 0 Å². The summed E-state index contributed by atoms with van der Waals surface area (Å²) < 4.78 is 0. The Morgan fingerprint density at radius 1 is 1.15 bits per heavy atom. The molecular formula is C20H23ClN4O2. The highest BCUT2D eigenvalue weighted by atomic mass is 35.5. The number of anilines is 2. The summed E-state index contributed by atoms with van der Waals surface area (Å²) in [4.78, 5) is 30.9. The summed E-state index contributed by atoms with van der Waals surface area (Å²) in [5.74, 6) is 0.407. The van der Waals surface area contributed by atoms with Crippen LogP contribution in [0.2, 0.25) is 5.02 Å². The number of rotatable bonds is 5. The fraction of sp³-hybridized carbons (Fsp3) is 0.350. The number of piperidine rings is 1. The molecule has 1 aromatic heterocycles. The molecule has 0 radical (unpaired) electrons. The Labute approximate surface area is 163 Å². The van der Waals surface area contributed by atoms with Crippen LogP contribution in [0.3, 0.4) is 0 Å². The van der Waals surface area contributed by atoms with Crippen LogP contribution in [0.15, 0.2) is 42.6 Å². The maximum Gasteiger partial charge on any atom is 0.238 e. The molecule has 2 N–H and O–H groups in total. The Bertz CT molecular complexity index is 802. The van der Waals surface area contributed by atoms with Crippen molar-refractivity contribution in [3.63, 3.8) is 0 Å². The lowest BCUT2D eigenvalue weighted by Gasteiger charge is -2.30. The second-order valence-electron chi connectivity index (χ2n) is 6.79. The number of amides is 2. The average Bonchev–Trinajstić information content (AvgIpc) is 2.66. The number of pyridine rings is 1. The van der Waals surface area contributed by atoms with Crippen LogP contribution in [0.5, 0.6) is 0 Å². The third-order valence-electron chi connectivity index (χ3n) is 4.64. The third-order valence-corrected chi connectivity index (χ3v) is 4.97. The highest BCUT2D eigenvalue weighted by Crippen LogP contribution is 2.21. The summed E-state index contributed by atoms with van der Waals surface area (Å²) in [7, 11) is 0. The zero-order chi connectivity index (χ0) is 19.2. The van der Waals surface area contributed by atoms with Crippen molar-refractivity contribution in [2.24, 2.45) is 5.92 Å². The van der Waals surface area contributed by atoms with Gasteiger partial charge in [-0.15, -0.1) is 0 Å². The standard InChI is InChI=1S/C20H23ClN4O2/c1-14-6-7-18(22-12-14)24-20(27)15-8-10-25(11-9-15)13-19(26)23-17-5-3-2-4-16(17)21/h2-7,12,15H,8-11,13H2,1H3,(H,23,26)(H,22,24,27). The molecule has 3 rings (SSSR count). The Morgan fingerprint density at radius 3 is 2.56 bits per heavy atom. The fourth-order valence-electron chi connectivity index (χ4n) is 3.08. The molecule has 0 atom stereocenters. The lowest BCUT2D eigenvalue weighted by atomic mass is 9.96. The van der Waals surface area contributed by atoms with E-state index in [9.17, 15) is 9.59 Å². The number of hydrogen-bond donors (Lipinski definition) is 2. The van der Waals surface area contributed by atoms with Gasteiger partial charge in [0.2, 0.25) is 11.8 Å². The van der Waals surface area contributed by atoms with Crippen LogP contribution in [0, 0.1) is 12.8 Å². The number of hydrogen-bond acceptors (Lipinski definition) is 4. The topological polar surface area (TPSA) is 74.3 Å². The van der Waals surface area contributed by atoms with E-state index in [0.717, 1.165) is 18.4 Å². The first-order chi connectivity index (χ1) is 13.0. The number of nitrogens with zero attached hydrogens (tertiary/aromatic N) is 2. The Kier molecular flexibility index (Phi) is 6.42. The van der Waals surface area contributed by atoms with Crippen molar-refractivity contribution in [3.8, 4) is 0 Å². The van der Waals surface area contributed by atoms with Crippen molar-refractivity contribution >= 4 is 34.9 Å². The molecule has 27 heavy (non-hydrogen) atoms. The Morgan fingerprint density at radius 2 is 1.89 bits per heavy atom. The van der Waals surface area contributed by atoms with Crippen molar-refractivity contribution in [1.29, 1.82) is 0 Å². The molecule has 6 nitrogen and oxygen atoms in total. The van der Waals surface area contributed by atoms with Crippen LogP contribution in [-0.2, 0) is 9.59 Å². The first kappa shape index (κ1) is 19.3. The molecule has 0 spiro atoms. The maximum atomic E-state index is 12.4. The number of carbonyl (C=O) groups excluding carboxylic acids is 2. The van der Waals surface area contributed by atoms with E-state index in [-0.39, 0.29) is 17.7 Å². The Hall–Kier alpha value is -2.44. The molecule has 1 saturated heterocycles. The molecule has 1 aliphatic heterocycles. The van der Waals surface area contributed by atoms with Gasteiger partial charge in [0.1, 0.15) is 5.82 Å². The van der Waals surface area contributed by atoms with Crippen LogP contribution < -0.4 is 10.6 Å². The molecule has 2 aromatic rings. The molecule has 2 amide bonds. The van der Waals surface area contributed by atoms with Gasteiger partial charge in [0.15, 0.2) is 0 Å². The van der Waals surface area contributed by atoms with Crippen LogP contribution in [-0.4, -0.2) is 41.3 Å². The van der Waals surface area contributed by atoms with Gasteiger partial charge in [0, 0.05) is 12.1 Å². The normalized spacial score (nSPS) is 15.3. The van der Waals surface area contributed by atoms with Crippen LogP contribution in [0.4, 0.5) is 11.5 Å². The molecule has 0 saturated carbocycles. The zero-order valence-electron chi connectivity index (χ0n) is 15.2. The Balaban J connectivity index is 1.44. The summed E-state index contributed by atoms with van der Waals surface area (Å²) >= 11 is 6.06. The van der Waals surface area contributed by atoms with Crippen LogP contribution in [0.25, 0.3) is 0 Å². The lowest BCUT2D eigenvalue weighted by molar-refractivity contribution is -0.121. The minimum Gasteiger partial charge on any atom is -0.324 e. The summed E-state index contributed by atoms with van der Waals surface area (Å²) in [6, 6.07) is 10.9. The van der Waals surface area contributed by atoms with Gasteiger partial charge in [-0.1, -0.05) is 29.8 Å². The fourth-order valence-corrected chi connectivity index (χ4v) is 3.26. The van der Waals surface area contributed by atoms with Gasteiger partial charge in [-0.05, 0) is 56.6 Å². The molecule has 0 aliphatic carbocycles. The number of aromatic nitrogens is 1. The smallest absolute Gasteiger partial charge is 0.238 e. The molecule has 1 aliphatic rings. The summed E-state index contributed by atoms with van der Waals surface area (Å²) in [6.45, 7) is 3.65. The summed E-state index contributed by atoms with van der Waals surface area (Å²) in [6.07, 6.45) is 3.17. The highest BCUT2D eigenvalue weighted by molar-refractivity contribution is 6.33. The molecule has 1 fully saturated rings. The average molecular weight is 387 g/mol. The van der Waals surface area contributed by atoms with Crippen molar-refractivity contribution < 1.29 is 9.59 Å². The summed E-state index contributed by atoms with van der Waals surface area (Å²) in [5, 5.41) is 6.22. The molecule has 7 heteroatoms. The van der Waals surface area contributed by atoms with Gasteiger partial charge in [0.05, 0.1) is 17.3 Å². The third kappa shape index (κ3) is 5.52. The number of para-hydroxylation sites is 1. The predicted octanol–water partition coefficient (Wildman–Crippen LogP) is 3.33. The second kappa shape index (κ2) is 8.97. The summed E-state index contributed by atoms with van der Waals surface area (Å²) in [5.41, 5.74) is 1.67. The molecule has 142 valence electrons. The van der Waals surface area contributed by atoms with E-state index in [1.165, 1.54) is 0 Å². The maximum absolute atomic E-state index is 12.4. The number of benzene rings is 1. The molecule has 0 bridgehead atoms. The monoisotopic (exact) mass is 386 g/mol. The predicted molar refractivity (Wildman–Crippen MR) is 107 cm³/mol. The second-order valence-corrected chi connectivity index (χ2v) is 7.20. The van der Waals surface area contributed by atoms with Crippen LogP contribution >= 0.6 is 11.6 Å². The van der Waals surface area contributed by atoms with Crippen molar-refractivity contribution in [2.45, 2.75) is 19.8 Å². The molecular weight excluding hydrogens is 364 g/mol. The lowest BCUT2D eigenvalue weighted by Crippen LogP contribution is -2.41. The molecule has 2 heterocycles. The van der Waals surface area contributed by atoms with E-state index in [0.29, 0.717) is 36.2 Å². The first-order valence-corrected chi connectivity index (χ1v) is 9.39. The quantitative estimate of drug-likeness (QED) is 0.826.